The molecule has 0 amide bonds. The van der Waals surface area contributed by atoms with Crippen molar-refractivity contribution < 1.29 is 28.6 Å². The molecule has 0 N–H and O–H groups in total. The highest BCUT2D eigenvalue weighted by atomic mass is 16.6. The van der Waals surface area contributed by atoms with Crippen LogP contribution in [0, 0.1) is 52.3 Å². The molecule has 0 spiro atoms. The second kappa shape index (κ2) is 7.71. The van der Waals surface area contributed by atoms with Crippen molar-refractivity contribution in [1.29, 1.82) is 0 Å². The Labute approximate surface area is 209 Å². The van der Waals surface area contributed by atoms with Crippen LogP contribution in [0.2, 0.25) is 0 Å². The molecule has 1 heterocycles. The lowest BCUT2D eigenvalue weighted by atomic mass is 9.50. The Hall–Kier alpha value is -1.59. The summed E-state index contributed by atoms with van der Waals surface area (Å²) in [5.41, 5.74) is -1.99. The maximum Gasteiger partial charge on any atom is 0.312 e. The number of fused-ring (bicyclic) bond motifs is 1. The summed E-state index contributed by atoms with van der Waals surface area (Å²) in [4.78, 5) is 39.3. The van der Waals surface area contributed by atoms with Gasteiger partial charge in [0.1, 0.15) is 17.8 Å². The third-order valence-corrected chi connectivity index (χ3v) is 11.4. The van der Waals surface area contributed by atoms with E-state index in [1.165, 1.54) is 32.1 Å². The third-order valence-electron chi connectivity index (χ3n) is 11.4. The average Bonchev–Trinajstić information content (AvgIpc) is 3.42. The second-order valence-corrected chi connectivity index (χ2v) is 14.1. The van der Waals surface area contributed by atoms with Gasteiger partial charge in [-0.15, -0.1) is 0 Å². The van der Waals surface area contributed by atoms with Gasteiger partial charge in [-0.1, -0.05) is 6.92 Å². The molecular weight excluding hydrogens is 444 g/mol. The highest BCUT2D eigenvalue weighted by Crippen LogP contribution is 2.60. The molecule has 0 radical (unpaired) electrons. The molecule has 6 nitrogen and oxygen atoms in total. The van der Waals surface area contributed by atoms with E-state index in [0.717, 1.165) is 24.7 Å². The standard InChI is InChI=1S/C29H42O6/c1-6-28(4,26(32)34-22-17-12-20-21(13-17)24(30)33-23(20)22)14-27(2,3)25(31)35-29(5)18-8-15-7-16(10-18)11-19(29)9-15/h15-23H,6-14H2,1-5H3. The van der Waals surface area contributed by atoms with Gasteiger partial charge in [0.05, 0.1) is 16.7 Å². The number of carbonyl (C=O) groups is 3. The maximum absolute atomic E-state index is 13.6. The molecular formula is C29H42O6. The fourth-order valence-corrected chi connectivity index (χ4v) is 9.34. The molecule has 6 bridgehead atoms. The molecule has 35 heavy (non-hydrogen) atoms. The summed E-state index contributed by atoms with van der Waals surface area (Å²) >= 11 is 0. The van der Waals surface area contributed by atoms with Crippen molar-refractivity contribution in [1.82, 2.24) is 0 Å². The first-order chi connectivity index (χ1) is 16.4. The van der Waals surface area contributed by atoms with Crippen LogP contribution in [0.25, 0.3) is 0 Å². The molecule has 0 aromatic carbocycles. The highest BCUT2D eigenvalue weighted by molar-refractivity contribution is 5.81. The van der Waals surface area contributed by atoms with Crippen LogP contribution in [-0.4, -0.2) is 35.7 Å². The Bertz CT molecular complexity index is 909. The lowest BCUT2D eigenvalue weighted by Gasteiger charge is -2.59. The normalized spacial score (nSPS) is 46.4. The Morgan fingerprint density at radius 1 is 0.971 bits per heavy atom. The first-order valence-electron chi connectivity index (χ1n) is 14.1. The van der Waals surface area contributed by atoms with Crippen LogP contribution >= 0.6 is 0 Å². The number of rotatable bonds is 7. The van der Waals surface area contributed by atoms with E-state index in [4.69, 9.17) is 14.2 Å². The van der Waals surface area contributed by atoms with Gasteiger partial charge in [-0.3, -0.25) is 14.4 Å². The van der Waals surface area contributed by atoms with Crippen molar-refractivity contribution in [3.63, 3.8) is 0 Å². The maximum atomic E-state index is 13.6. The number of ether oxygens (including phenoxy) is 3. The summed E-state index contributed by atoms with van der Waals surface area (Å²) in [6.45, 7) is 9.89. The van der Waals surface area contributed by atoms with E-state index >= 15 is 0 Å². The number of carbonyl (C=O) groups excluding carboxylic acids is 3. The molecule has 1 saturated heterocycles. The van der Waals surface area contributed by atoms with Crippen LogP contribution in [0.3, 0.4) is 0 Å². The van der Waals surface area contributed by atoms with Crippen LogP contribution in [0.15, 0.2) is 0 Å². The molecule has 0 aromatic rings. The van der Waals surface area contributed by atoms with Gasteiger partial charge in [-0.2, -0.15) is 0 Å². The van der Waals surface area contributed by atoms with Crippen molar-refractivity contribution in [3.05, 3.63) is 0 Å². The third kappa shape index (κ3) is 3.51. The predicted molar refractivity (Wildman–Crippen MR) is 128 cm³/mol. The van der Waals surface area contributed by atoms with Gasteiger partial charge >= 0.3 is 17.9 Å². The van der Waals surface area contributed by atoms with Crippen LogP contribution in [0.4, 0.5) is 0 Å². The minimum absolute atomic E-state index is 0.00208. The van der Waals surface area contributed by atoms with Crippen LogP contribution in [0.1, 0.15) is 92.4 Å². The summed E-state index contributed by atoms with van der Waals surface area (Å²) in [6.07, 6.45) is 8.10. The van der Waals surface area contributed by atoms with E-state index in [2.05, 4.69) is 6.92 Å². The minimum atomic E-state index is -0.808. The number of esters is 3. The summed E-state index contributed by atoms with van der Waals surface area (Å²) in [6, 6.07) is 0. The lowest BCUT2D eigenvalue weighted by Crippen LogP contribution is -2.59. The monoisotopic (exact) mass is 486 g/mol. The quantitative estimate of drug-likeness (QED) is 0.369. The first-order valence-corrected chi connectivity index (χ1v) is 14.1. The molecule has 7 aliphatic rings. The topological polar surface area (TPSA) is 78.9 Å². The second-order valence-electron chi connectivity index (χ2n) is 14.1. The Balaban J connectivity index is 1.13. The molecule has 6 aliphatic carbocycles. The van der Waals surface area contributed by atoms with E-state index in [1.807, 2.05) is 27.7 Å². The Morgan fingerprint density at radius 2 is 1.60 bits per heavy atom. The van der Waals surface area contributed by atoms with Crippen molar-refractivity contribution in [2.24, 2.45) is 52.3 Å². The molecule has 6 saturated carbocycles. The molecule has 7 fully saturated rings. The largest absolute Gasteiger partial charge is 0.458 e. The van der Waals surface area contributed by atoms with Crippen LogP contribution in [0.5, 0.6) is 0 Å². The van der Waals surface area contributed by atoms with Gasteiger partial charge in [-0.25, -0.2) is 0 Å². The summed E-state index contributed by atoms with van der Waals surface area (Å²) < 4.78 is 18.1. The number of hydrogen-bond acceptors (Lipinski definition) is 6. The Morgan fingerprint density at radius 3 is 2.20 bits per heavy atom. The van der Waals surface area contributed by atoms with E-state index < -0.39 is 10.8 Å². The van der Waals surface area contributed by atoms with Gasteiger partial charge in [0.15, 0.2) is 0 Å². The molecule has 7 rings (SSSR count). The zero-order chi connectivity index (χ0) is 24.9. The van der Waals surface area contributed by atoms with E-state index in [0.29, 0.717) is 24.7 Å². The van der Waals surface area contributed by atoms with Gasteiger partial charge in [0, 0.05) is 11.8 Å². The molecule has 6 heteroatoms. The van der Waals surface area contributed by atoms with Gasteiger partial charge in [-0.05, 0) is 109 Å². The Kier molecular flexibility index (Phi) is 5.24. The van der Waals surface area contributed by atoms with Crippen molar-refractivity contribution in [2.45, 2.75) is 110 Å². The number of hydrogen-bond donors (Lipinski definition) is 0. The fraction of sp³-hybridized carbons (Fsp3) is 0.897. The molecule has 0 aromatic heterocycles. The zero-order valence-corrected chi connectivity index (χ0v) is 22.0. The van der Waals surface area contributed by atoms with Gasteiger partial charge < -0.3 is 14.2 Å². The highest BCUT2D eigenvalue weighted by Gasteiger charge is 2.64. The minimum Gasteiger partial charge on any atom is -0.458 e. The predicted octanol–water partition coefficient (Wildman–Crippen LogP) is 5.07. The van der Waals surface area contributed by atoms with Crippen LogP contribution in [-0.2, 0) is 28.6 Å². The smallest absolute Gasteiger partial charge is 0.312 e. The first kappa shape index (κ1) is 23.8. The lowest BCUT2D eigenvalue weighted by molar-refractivity contribution is -0.213. The van der Waals surface area contributed by atoms with Crippen molar-refractivity contribution >= 4 is 17.9 Å². The molecule has 194 valence electrons. The SMILES string of the molecule is CCC(C)(CC(C)(C)C(=O)OC1(C)C2CC3CC(C2)CC1C3)C(=O)OC1C2CC3C(=O)OC1C3C2. The summed E-state index contributed by atoms with van der Waals surface area (Å²) in [5, 5.41) is 0. The zero-order valence-electron chi connectivity index (χ0n) is 22.0. The van der Waals surface area contributed by atoms with E-state index in [9.17, 15) is 14.4 Å². The van der Waals surface area contributed by atoms with Crippen molar-refractivity contribution in [2.75, 3.05) is 0 Å². The van der Waals surface area contributed by atoms with Gasteiger partial charge in [0.2, 0.25) is 0 Å². The van der Waals surface area contributed by atoms with E-state index in [-0.39, 0.29) is 53.5 Å². The molecule has 6 atom stereocenters. The van der Waals surface area contributed by atoms with E-state index in [1.54, 1.807) is 0 Å². The molecule has 1 aliphatic heterocycles. The fourth-order valence-electron chi connectivity index (χ4n) is 9.34. The average molecular weight is 487 g/mol. The summed E-state index contributed by atoms with van der Waals surface area (Å²) in [5.74, 6) is 2.39. The van der Waals surface area contributed by atoms with Gasteiger partial charge in [0.25, 0.3) is 0 Å². The molecule has 6 unspecified atom stereocenters. The summed E-state index contributed by atoms with van der Waals surface area (Å²) in [7, 11) is 0. The van der Waals surface area contributed by atoms with Crippen LogP contribution < -0.4 is 0 Å². The van der Waals surface area contributed by atoms with Crippen molar-refractivity contribution in [3.8, 4) is 0 Å².